The molecule has 0 saturated heterocycles. The maximum Gasteiger partial charge on any atom is 0.392 e. The Labute approximate surface area is 112 Å². The van der Waals surface area contributed by atoms with E-state index in [1.807, 2.05) is 0 Å². The third kappa shape index (κ3) is 6.07. The fraction of sp³-hybridized carbons (Fsp3) is 0.333. The Kier molecular flexibility index (Phi) is 5.36. The minimum atomic E-state index is -4.28. The summed E-state index contributed by atoms with van der Waals surface area (Å²) in [4.78, 5) is 21.7. The van der Waals surface area contributed by atoms with Gasteiger partial charge in [-0.2, -0.15) is 13.2 Å². The first kappa shape index (κ1) is 15.8. The second-order valence-corrected chi connectivity index (χ2v) is 3.81. The van der Waals surface area contributed by atoms with Crippen LogP contribution in [0.5, 0.6) is 5.75 Å². The van der Waals surface area contributed by atoms with Crippen molar-refractivity contribution in [3.63, 3.8) is 0 Å². The molecule has 0 aliphatic heterocycles. The molecule has 110 valence electrons. The van der Waals surface area contributed by atoms with Crippen LogP contribution in [0.4, 0.5) is 13.2 Å². The molecule has 0 bridgehead atoms. The van der Waals surface area contributed by atoms with E-state index in [0.29, 0.717) is 0 Å². The number of aliphatic carboxylic acids is 1. The highest BCUT2D eigenvalue weighted by molar-refractivity contribution is 5.95. The average Bonchev–Trinajstić information content (AvgIpc) is 2.35. The molecule has 0 aliphatic carbocycles. The van der Waals surface area contributed by atoms with E-state index in [9.17, 15) is 22.8 Å². The van der Waals surface area contributed by atoms with Gasteiger partial charge in [-0.25, -0.2) is 0 Å². The van der Waals surface area contributed by atoms with Crippen molar-refractivity contribution in [2.75, 3.05) is 13.2 Å². The van der Waals surface area contributed by atoms with E-state index in [1.165, 1.54) is 24.3 Å². The number of carboxylic acids is 1. The van der Waals surface area contributed by atoms with Crippen molar-refractivity contribution in [2.45, 2.75) is 12.6 Å². The van der Waals surface area contributed by atoms with Crippen LogP contribution in [0.15, 0.2) is 24.3 Å². The molecule has 2 N–H and O–H groups in total. The van der Waals surface area contributed by atoms with E-state index in [2.05, 4.69) is 5.32 Å². The van der Waals surface area contributed by atoms with Crippen LogP contribution in [0.2, 0.25) is 0 Å². The maximum atomic E-state index is 11.9. The molecule has 0 heterocycles. The molecule has 0 atom stereocenters. The Balaban J connectivity index is 2.47. The van der Waals surface area contributed by atoms with Gasteiger partial charge in [0.2, 0.25) is 0 Å². The molecule has 0 unspecified atom stereocenters. The quantitative estimate of drug-likeness (QED) is 0.838. The summed E-state index contributed by atoms with van der Waals surface area (Å²) in [7, 11) is 0. The Hall–Kier alpha value is -2.25. The first-order valence-corrected chi connectivity index (χ1v) is 5.57. The number of halogens is 3. The van der Waals surface area contributed by atoms with Gasteiger partial charge in [-0.3, -0.25) is 9.59 Å². The zero-order chi connectivity index (χ0) is 15.2. The lowest BCUT2D eigenvalue weighted by Gasteiger charge is -2.09. The van der Waals surface area contributed by atoms with Crippen LogP contribution >= 0.6 is 0 Å². The predicted octanol–water partition coefficient (Wildman–Crippen LogP) is 1.83. The van der Waals surface area contributed by atoms with Gasteiger partial charge in [0.25, 0.3) is 5.91 Å². The van der Waals surface area contributed by atoms with E-state index in [4.69, 9.17) is 9.84 Å². The number of rotatable bonds is 6. The molecule has 1 aromatic carbocycles. The van der Waals surface area contributed by atoms with Gasteiger partial charge < -0.3 is 15.2 Å². The van der Waals surface area contributed by atoms with E-state index < -0.39 is 37.6 Å². The number of alkyl halides is 3. The van der Waals surface area contributed by atoms with Crippen LogP contribution < -0.4 is 10.1 Å². The fourth-order valence-corrected chi connectivity index (χ4v) is 1.25. The summed E-state index contributed by atoms with van der Waals surface area (Å²) >= 11 is 0. The summed E-state index contributed by atoms with van der Waals surface area (Å²) in [6.07, 6.45) is -5.34. The molecule has 0 aliphatic rings. The second kappa shape index (κ2) is 6.78. The molecule has 0 saturated carbocycles. The van der Waals surface area contributed by atoms with Crippen molar-refractivity contribution in [1.29, 1.82) is 0 Å². The highest BCUT2D eigenvalue weighted by atomic mass is 19.4. The molecular weight excluding hydrogens is 279 g/mol. The van der Waals surface area contributed by atoms with Crippen molar-refractivity contribution in [3.8, 4) is 5.75 Å². The SMILES string of the molecule is O=C(O)CNC(=O)c1ccc(OCCC(F)(F)F)cc1. The second-order valence-electron chi connectivity index (χ2n) is 3.81. The minimum Gasteiger partial charge on any atom is -0.493 e. The highest BCUT2D eigenvalue weighted by Gasteiger charge is 2.26. The molecule has 0 aromatic heterocycles. The molecular formula is C12H12F3NO4. The number of carboxylic acid groups (broad SMARTS) is 1. The number of hydrogen-bond donors (Lipinski definition) is 2. The summed E-state index contributed by atoms with van der Waals surface area (Å²) in [5.74, 6) is -1.57. The molecule has 0 spiro atoms. The lowest BCUT2D eigenvalue weighted by Crippen LogP contribution is -2.29. The van der Waals surface area contributed by atoms with Crippen LogP contribution in [0.1, 0.15) is 16.8 Å². The zero-order valence-electron chi connectivity index (χ0n) is 10.2. The molecule has 0 radical (unpaired) electrons. The molecule has 8 heteroatoms. The number of carbonyl (C=O) groups is 2. The average molecular weight is 291 g/mol. The summed E-state index contributed by atoms with van der Waals surface area (Å²) < 4.78 is 40.6. The third-order valence-electron chi connectivity index (χ3n) is 2.17. The van der Waals surface area contributed by atoms with Crippen LogP contribution in [0.25, 0.3) is 0 Å². The van der Waals surface area contributed by atoms with Gasteiger partial charge >= 0.3 is 12.1 Å². The maximum absolute atomic E-state index is 11.9. The molecule has 20 heavy (non-hydrogen) atoms. The number of amides is 1. The first-order valence-electron chi connectivity index (χ1n) is 5.57. The fourth-order valence-electron chi connectivity index (χ4n) is 1.25. The van der Waals surface area contributed by atoms with Crippen molar-refractivity contribution < 1.29 is 32.6 Å². The van der Waals surface area contributed by atoms with Gasteiger partial charge in [-0.15, -0.1) is 0 Å². The van der Waals surface area contributed by atoms with Crippen molar-refractivity contribution in [1.82, 2.24) is 5.32 Å². The van der Waals surface area contributed by atoms with Gasteiger partial charge in [-0.05, 0) is 24.3 Å². The van der Waals surface area contributed by atoms with Gasteiger partial charge in [-0.1, -0.05) is 0 Å². The molecule has 1 amide bonds. The number of hydrogen-bond acceptors (Lipinski definition) is 3. The summed E-state index contributed by atoms with van der Waals surface area (Å²) in [6.45, 7) is -1.02. The zero-order valence-corrected chi connectivity index (χ0v) is 10.2. The topological polar surface area (TPSA) is 75.6 Å². The van der Waals surface area contributed by atoms with E-state index in [-0.39, 0.29) is 11.3 Å². The van der Waals surface area contributed by atoms with E-state index in [1.54, 1.807) is 0 Å². The van der Waals surface area contributed by atoms with Crippen molar-refractivity contribution in [2.24, 2.45) is 0 Å². The van der Waals surface area contributed by atoms with Gasteiger partial charge in [0.1, 0.15) is 12.3 Å². The Morgan fingerprint density at radius 1 is 1.20 bits per heavy atom. The molecule has 0 fully saturated rings. The lowest BCUT2D eigenvalue weighted by molar-refractivity contribution is -0.139. The predicted molar refractivity (Wildman–Crippen MR) is 62.6 cm³/mol. The standard InChI is InChI=1S/C12H12F3NO4/c13-12(14,15)5-6-20-9-3-1-8(2-4-9)11(19)16-7-10(17)18/h1-4H,5-7H2,(H,16,19)(H,17,18). The van der Waals surface area contributed by atoms with Gasteiger partial charge in [0.05, 0.1) is 13.0 Å². The molecule has 1 rings (SSSR count). The van der Waals surface area contributed by atoms with Gasteiger partial charge in [0, 0.05) is 5.56 Å². The van der Waals surface area contributed by atoms with Crippen molar-refractivity contribution >= 4 is 11.9 Å². The minimum absolute atomic E-state index is 0.189. The van der Waals surface area contributed by atoms with Crippen molar-refractivity contribution in [3.05, 3.63) is 29.8 Å². The number of ether oxygens (including phenoxy) is 1. The van der Waals surface area contributed by atoms with E-state index in [0.717, 1.165) is 0 Å². The smallest absolute Gasteiger partial charge is 0.392 e. The van der Waals surface area contributed by atoms with Crippen LogP contribution in [-0.2, 0) is 4.79 Å². The van der Waals surface area contributed by atoms with E-state index >= 15 is 0 Å². The van der Waals surface area contributed by atoms with Crippen LogP contribution in [0, 0.1) is 0 Å². The number of nitrogens with one attached hydrogen (secondary N) is 1. The lowest BCUT2D eigenvalue weighted by atomic mass is 10.2. The van der Waals surface area contributed by atoms with Crippen LogP contribution in [-0.4, -0.2) is 36.3 Å². The Morgan fingerprint density at radius 2 is 1.80 bits per heavy atom. The molecule has 5 nitrogen and oxygen atoms in total. The molecule has 1 aromatic rings. The monoisotopic (exact) mass is 291 g/mol. The van der Waals surface area contributed by atoms with Crippen LogP contribution in [0.3, 0.4) is 0 Å². The first-order chi connectivity index (χ1) is 9.28. The summed E-state index contributed by atoms with van der Waals surface area (Å²) in [6, 6.07) is 5.35. The third-order valence-corrected chi connectivity index (χ3v) is 2.17. The number of carbonyl (C=O) groups excluding carboxylic acids is 1. The number of benzene rings is 1. The highest BCUT2D eigenvalue weighted by Crippen LogP contribution is 2.20. The summed E-state index contributed by atoms with van der Waals surface area (Å²) in [5, 5.41) is 10.5. The largest absolute Gasteiger partial charge is 0.493 e. The Morgan fingerprint density at radius 3 is 2.30 bits per heavy atom. The normalized spacial score (nSPS) is 10.9. The summed E-state index contributed by atoms with van der Waals surface area (Å²) in [5.41, 5.74) is 0.189. The Bertz CT molecular complexity index is 471. The van der Waals surface area contributed by atoms with Gasteiger partial charge in [0.15, 0.2) is 0 Å².